The van der Waals surface area contributed by atoms with Gasteiger partial charge in [0.2, 0.25) is 0 Å². The molecular weight excluding hydrogens is 279 g/mol. The van der Waals surface area contributed by atoms with E-state index in [2.05, 4.69) is 4.98 Å². The highest BCUT2D eigenvalue weighted by Crippen LogP contribution is 2.32. The molecular formula is C14H9FN2O2S. The summed E-state index contributed by atoms with van der Waals surface area (Å²) in [4.78, 5) is 15.1. The standard InChI is InChI=1S/C14H9FN2O2S/c15-9-3-1-2-7-4-8(5-10(16)12(7)9)13-17-6-11(20-13)14(18)19/h1-6H,16H2,(H,18,19). The van der Waals surface area contributed by atoms with Crippen molar-refractivity contribution in [2.24, 2.45) is 0 Å². The summed E-state index contributed by atoms with van der Waals surface area (Å²) < 4.78 is 13.7. The molecule has 1 aromatic heterocycles. The molecule has 1 heterocycles. The molecule has 0 fully saturated rings. The highest BCUT2D eigenvalue weighted by atomic mass is 32.1. The number of fused-ring (bicyclic) bond motifs is 1. The number of nitrogen functional groups attached to an aromatic ring is 1. The van der Waals surface area contributed by atoms with E-state index in [1.165, 1.54) is 12.3 Å². The molecule has 0 amide bonds. The van der Waals surface area contributed by atoms with Gasteiger partial charge in [-0.25, -0.2) is 14.2 Å². The Hall–Kier alpha value is -2.47. The monoisotopic (exact) mass is 288 g/mol. The molecule has 2 aromatic carbocycles. The fourth-order valence-electron chi connectivity index (χ4n) is 2.04. The lowest BCUT2D eigenvalue weighted by atomic mass is 10.0. The minimum absolute atomic E-state index is 0.151. The van der Waals surface area contributed by atoms with E-state index in [-0.39, 0.29) is 10.7 Å². The normalized spacial score (nSPS) is 10.8. The molecule has 0 aliphatic carbocycles. The summed E-state index contributed by atoms with van der Waals surface area (Å²) in [6.45, 7) is 0. The summed E-state index contributed by atoms with van der Waals surface area (Å²) in [7, 11) is 0. The maximum atomic E-state index is 13.7. The van der Waals surface area contributed by atoms with E-state index in [0.29, 0.717) is 27.0 Å². The summed E-state index contributed by atoms with van der Waals surface area (Å²) in [5, 5.41) is 10.5. The number of rotatable bonds is 2. The van der Waals surface area contributed by atoms with E-state index < -0.39 is 5.97 Å². The lowest BCUT2D eigenvalue weighted by Crippen LogP contribution is -1.91. The Labute approximate surface area is 117 Å². The maximum absolute atomic E-state index is 13.7. The Kier molecular flexibility index (Phi) is 2.87. The SMILES string of the molecule is Nc1cc(-c2ncc(C(=O)O)s2)cc2cccc(F)c12. The van der Waals surface area contributed by atoms with Crippen molar-refractivity contribution >= 4 is 33.8 Å². The second-order valence-electron chi connectivity index (χ2n) is 4.24. The van der Waals surface area contributed by atoms with Crippen LogP contribution in [0.5, 0.6) is 0 Å². The van der Waals surface area contributed by atoms with Crippen molar-refractivity contribution in [1.82, 2.24) is 4.98 Å². The lowest BCUT2D eigenvalue weighted by Gasteiger charge is -2.06. The first kappa shape index (κ1) is 12.6. The minimum Gasteiger partial charge on any atom is -0.477 e. The second kappa shape index (κ2) is 4.57. The first-order valence-corrected chi connectivity index (χ1v) is 6.55. The van der Waals surface area contributed by atoms with Gasteiger partial charge in [-0.05, 0) is 23.6 Å². The molecule has 0 bridgehead atoms. The number of anilines is 1. The van der Waals surface area contributed by atoms with E-state index in [4.69, 9.17) is 10.8 Å². The third-order valence-corrected chi connectivity index (χ3v) is 3.95. The molecule has 100 valence electrons. The molecule has 6 heteroatoms. The number of carboxylic acids is 1. The number of aromatic carboxylic acids is 1. The Balaban J connectivity index is 2.19. The molecule has 0 spiro atoms. The number of nitrogens with zero attached hydrogens (tertiary/aromatic N) is 1. The van der Waals surface area contributed by atoms with Crippen LogP contribution in [0.1, 0.15) is 9.67 Å². The van der Waals surface area contributed by atoms with Crippen molar-refractivity contribution in [3.05, 3.63) is 47.2 Å². The molecule has 0 aliphatic rings. The molecule has 3 N–H and O–H groups in total. The van der Waals surface area contributed by atoms with Gasteiger partial charge < -0.3 is 10.8 Å². The van der Waals surface area contributed by atoms with Crippen molar-refractivity contribution in [3.63, 3.8) is 0 Å². The maximum Gasteiger partial charge on any atom is 0.347 e. The van der Waals surface area contributed by atoms with Crippen molar-refractivity contribution in [2.75, 3.05) is 5.73 Å². The number of benzene rings is 2. The number of aromatic nitrogens is 1. The summed E-state index contributed by atoms with van der Waals surface area (Å²) in [6, 6.07) is 8.06. The van der Waals surface area contributed by atoms with Crippen LogP contribution < -0.4 is 5.73 Å². The van der Waals surface area contributed by atoms with Gasteiger partial charge in [0, 0.05) is 16.6 Å². The molecule has 0 radical (unpaired) electrons. The van der Waals surface area contributed by atoms with Gasteiger partial charge in [-0.2, -0.15) is 0 Å². The predicted octanol–water partition coefficient (Wildman–Crippen LogP) is 3.38. The number of nitrogens with two attached hydrogens (primary N) is 1. The Bertz CT molecular complexity index is 829. The van der Waals surface area contributed by atoms with E-state index in [1.807, 2.05) is 0 Å². The van der Waals surface area contributed by atoms with Crippen LogP contribution in [0.4, 0.5) is 10.1 Å². The van der Waals surface area contributed by atoms with Crippen molar-refractivity contribution in [2.45, 2.75) is 0 Å². The third kappa shape index (κ3) is 2.00. The van der Waals surface area contributed by atoms with Crippen LogP contribution in [-0.4, -0.2) is 16.1 Å². The first-order valence-electron chi connectivity index (χ1n) is 5.73. The number of hydrogen-bond acceptors (Lipinski definition) is 4. The Morgan fingerprint density at radius 3 is 2.85 bits per heavy atom. The summed E-state index contributed by atoms with van der Waals surface area (Å²) in [5.74, 6) is -1.40. The highest BCUT2D eigenvalue weighted by Gasteiger charge is 2.12. The van der Waals surface area contributed by atoms with Gasteiger partial charge in [-0.3, -0.25) is 0 Å². The van der Waals surface area contributed by atoms with Gasteiger partial charge in [0.15, 0.2) is 0 Å². The third-order valence-electron chi connectivity index (χ3n) is 2.92. The van der Waals surface area contributed by atoms with Gasteiger partial charge in [0.25, 0.3) is 0 Å². The van der Waals surface area contributed by atoms with Crippen molar-refractivity contribution in [1.29, 1.82) is 0 Å². The number of carbonyl (C=O) groups is 1. The minimum atomic E-state index is -1.02. The zero-order chi connectivity index (χ0) is 14.3. The van der Waals surface area contributed by atoms with Gasteiger partial charge in [0.05, 0.1) is 6.20 Å². The quantitative estimate of drug-likeness (QED) is 0.709. The fourth-order valence-corrected chi connectivity index (χ4v) is 2.79. The lowest BCUT2D eigenvalue weighted by molar-refractivity contribution is 0.0702. The molecule has 0 saturated carbocycles. The van der Waals surface area contributed by atoms with Crippen LogP contribution in [0.3, 0.4) is 0 Å². The van der Waals surface area contributed by atoms with E-state index in [0.717, 1.165) is 11.3 Å². The van der Waals surface area contributed by atoms with E-state index in [9.17, 15) is 9.18 Å². The van der Waals surface area contributed by atoms with Gasteiger partial charge >= 0.3 is 5.97 Å². The fraction of sp³-hybridized carbons (Fsp3) is 0. The molecule has 3 rings (SSSR count). The second-order valence-corrected chi connectivity index (χ2v) is 5.27. The van der Waals surface area contributed by atoms with Crippen LogP contribution in [0.2, 0.25) is 0 Å². The average molecular weight is 288 g/mol. The Morgan fingerprint density at radius 2 is 2.15 bits per heavy atom. The van der Waals surface area contributed by atoms with Crippen molar-refractivity contribution in [3.8, 4) is 10.6 Å². The first-order chi connectivity index (χ1) is 9.56. The van der Waals surface area contributed by atoms with Crippen LogP contribution in [-0.2, 0) is 0 Å². The molecule has 0 atom stereocenters. The largest absolute Gasteiger partial charge is 0.477 e. The van der Waals surface area contributed by atoms with Crippen LogP contribution in [0, 0.1) is 5.82 Å². The highest BCUT2D eigenvalue weighted by molar-refractivity contribution is 7.16. The molecule has 0 unspecified atom stereocenters. The average Bonchev–Trinajstić information content (AvgIpc) is 2.88. The van der Waals surface area contributed by atoms with Gasteiger partial charge in [-0.1, -0.05) is 12.1 Å². The number of thiazole rings is 1. The van der Waals surface area contributed by atoms with E-state index in [1.54, 1.807) is 24.3 Å². The zero-order valence-electron chi connectivity index (χ0n) is 10.1. The Morgan fingerprint density at radius 1 is 1.35 bits per heavy atom. The number of halogens is 1. The smallest absolute Gasteiger partial charge is 0.347 e. The number of hydrogen-bond donors (Lipinski definition) is 2. The predicted molar refractivity (Wildman–Crippen MR) is 76.4 cm³/mol. The molecule has 0 saturated heterocycles. The van der Waals surface area contributed by atoms with Gasteiger partial charge in [0.1, 0.15) is 15.7 Å². The molecule has 0 aliphatic heterocycles. The van der Waals surface area contributed by atoms with E-state index >= 15 is 0 Å². The van der Waals surface area contributed by atoms with Crippen LogP contribution in [0.15, 0.2) is 36.5 Å². The van der Waals surface area contributed by atoms with Crippen LogP contribution >= 0.6 is 11.3 Å². The van der Waals surface area contributed by atoms with Crippen LogP contribution in [0.25, 0.3) is 21.3 Å². The molecule has 4 nitrogen and oxygen atoms in total. The summed E-state index contributed by atoms with van der Waals surface area (Å²) in [5.41, 5.74) is 6.87. The van der Waals surface area contributed by atoms with Crippen molar-refractivity contribution < 1.29 is 14.3 Å². The zero-order valence-corrected chi connectivity index (χ0v) is 10.9. The summed E-state index contributed by atoms with van der Waals surface area (Å²) in [6.07, 6.45) is 1.30. The molecule has 20 heavy (non-hydrogen) atoms. The summed E-state index contributed by atoms with van der Waals surface area (Å²) >= 11 is 1.06. The van der Waals surface area contributed by atoms with Gasteiger partial charge in [-0.15, -0.1) is 11.3 Å². The topological polar surface area (TPSA) is 76.2 Å². The number of carboxylic acid groups (broad SMARTS) is 1. The molecule has 3 aromatic rings.